The molecule has 2 aromatic carbocycles. The van der Waals surface area contributed by atoms with E-state index in [1.165, 1.54) is 0 Å². The summed E-state index contributed by atoms with van der Waals surface area (Å²) in [5.41, 5.74) is 2.95. The third kappa shape index (κ3) is 4.25. The van der Waals surface area contributed by atoms with Gasteiger partial charge in [-0.1, -0.05) is 26.0 Å². The molecule has 27 heavy (non-hydrogen) atoms. The van der Waals surface area contributed by atoms with E-state index in [1.54, 1.807) is 13.2 Å². The fourth-order valence-corrected chi connectivity index (χ4v) is 3.33. The Labute approximate surface area is 161 Å². The lowest BCUT2D eigenvalue weighted by atomic mass is 9.92. The Morgan fingerprint density at radius 3 is 2.56 bits per heavy atom. The van der Waals surface area contributed by atoms with Gasteiger partial charge in [0, 0.05) is 23.7 Å². The molecule has 0 spiro atoms. The van der Waals surface area contributed by atoms with Crippen molar-refractivity contribution >= 4 is 5.71 Å². The van der Waals surface area contributed by atoms with Gasteiger partial charge in [0.15, 0.2) is 11.5 Å². The summed E-state index contributed by atoms with van der Waals surface area (Å²) in [6.45, 7) is 6.72. The number of aromatic hydroxyl groups is 1. The quantitative estimate of drug-likeness (QED) is 0.798. The Bertz CT molecular complexity index is 800. The molecule has 2 N–H and O–H groups in total. The smallest absolute Gasteiger partial charge is 0.162 e. The maximum Gasteiger partial charge on any atom is 0.162 e. The molecule has 2 aromatic rings. The first-order chi connectivity index (χ1) is 13.0. The lowest BCUT2D eigenvalue weighted by Gasteiger charge is -2.32. The van der Waals surface area contributed by atoms with Crippen LogP contribution in [0.1, 0.15) is 44.4 Å². The van der Waals surface area contributed by atoms with Crippen LogP contribution >= 0.6 is 0 Å². The summed E-state index contributed by atoms with van der Waals surface area (Å²) in [6, 6.07) is 13.6. The Hall–Kier alpha value is -2.53. The molecule has 1 heterocycles. The van der Waals surface area contributed by atoms with Crippen LogP contribution in [0.2, 0.25) is 0 Å². The molecule has 1 aliphatic rings. The molecule has 0 fully saturated rings. The lowest BCUT2D eigenvalue weighted by molar-refractivity contribution is 0.309. The van der Waals surface area contributed by atoms with E-state index in [1.807, 2.05) is 43.3 Å². The van der Waals surface area contributed by atoms with Crippen LogP contribution in [0.4, 0.5) is 0 Å². The second kappa shape index (κ2) is 8.44. The number of hydrogen-bond acceptors (Lipinski definition) is 5. The molecule has 3 rings (SSSR count). The van der Waals surface area contributed by atoms with Crippen LogP contribution in [0.3, 0.4) is 0 Å². The van der Waals surface area contributed by atoms with Crippen LogP contribution in [0.5, 0.6) is 17.2 Å². The van der Waals surface area contributed by atoms with E-state index < -0.39 is 0 Å². The predicted molar refractivity (Wildman–Crippen MR) is 108 cm³/mol. The highest BCUT2D eigenvalue weighted by Gasteiger charge is 2.29. The maximum atomic E-state index is 10.7. The van der Waals surface area contributed by atoms with Crippen molar-refractivity contribution < 1.29 is 14.6 Å². The zero-order chi connectivity index (χ0) is 19.4. The fraction of sp³-hybridized carbons (Fsp3) is 0.409. The Morgan fingerprint density at radius 1 is 1.19 bits per heavy atom. The number of benzene rings is 2. The van der Waals surface area contributed by atoms with Crippen LogP contribution in [0.15, 0.2) is 47.5 Å². The zero-order valence-corrected chi connectivity index (χ0v) is 16.4. The van der Waals surface area contributed by atoms with Gasteiger partial charge in [0.1, 0.15) is 11.9 Å². The molecule has 144 valence electrons. The van der Waals surface area contributed by atoms with E-state index >= 15 is 0 Å². The summed E-state index contributed by atoms with van der Waals surface area (Å²) in [4.78, 5) is 4.92. The van der Waals surface area contributed by atoms with Crippen LogP contribution in [-0.2, 0) is 0 Å². The first-order valence-electron chi connectivity index (χ1n) is 9.45. The minimum Gasteiger partial charge on any atom is -0.504 e. The average Bonchev–Trinajstić information content (AvgIpc) is 2.69. The number of nitrogens with one attached hydrogen (secondary N) is 1. The number of nitrogens with zero attached hydrogens (tertiary/aromatic N) is 1. The van der Waals surface area contributed by atoms with E-state index in [9.17, 15) is 5.11 Å². The standard InChI is InChI=1S/C22H28N2O3/c1-5-27-20-8-6-7-17(21(20)25)19-13-18(23-22(24-19)14(2)3)15-9-11-16(26-4)12-10-15/h6-12,14,19,22,24-25H,5,13H2,1-4H3/t19-,22+/m0/s1. The lowest BCUT2D eigenvalue weighted by Crippen LogP contribution is -2.41. The third-order valence-corrected chi connectivity index (χ3v) is 4.82. The molecule has 0 aliphatic carbocycles. The summed E-state index contributed by atoms with van der Waals surface area (Å²) < 4.78 is 10.8. The SMILES string of the molecule is CCOc1cccc([C@@H]2CC(c3ccc(OC)cc3)=N[C@@H](C(C)C)N2)c1O. The van der Waals surface area contributed by atoms with Crippen molar-refractivity contribution in [2.24, 2.45) is 10.9 Å². The first-order valence-corrected chi connectivity index (χ1v) is 9.45. The number of phenols is 1. The van der Waals surface area contributed by atoms with Gasteiger partial charge in [-0.2, -0.15) is 0 Å². The largest absolute Gasteiger partial charge is 0.504 e. The van der Waals surface area contributed by atoms with Crippen LogP contribution in [0.25, 0.3) is 0 Å². The Morgan fingerprint density at radius 2 is 1.93 bits per heavy atom. The molecule has 0 saturated carbocycles. The highest BCUT2D eigenvalue weighted by atomic mass is 16.5. The molecule has 2 atom stereocenters. The highest BCUT2D eigenvalue weighted by molar-refractivity contribution is 6.01. The number of hydrogen-bond donors (Lipinski definition) is 2. The molecule has 1 aliphatic heterocycles. The second-order valence-electron chi connectivity index (χ2n) is 7.04. The molecule has 0 unspecified atom stereocenters. The number of phenolic OH excluding ortho intramolecular Hbond substituents is 1. The number of methoxy groups -OCH3 is 1. The van der Waals surface area contributed by atoms with Gasteiger partial charge >= 0.3 is 0 Å². The maximum absolute atomic E-state index is 10.7. The Kier molecular flexibility index (Phi) is 6.01. The molecule has 0 amide bonds. The van der Waals surface area contributed by atoms with Crippen LogP contribution in [0, 0.1) is 5.92 Å². The van der Waals surface area contributed by atoms with Gasteiger partial charge in [-0.25, -0.2) is 0 Å². The van der Waals surface area contributed by atoms with Gasteiger partial charge in [0.25, 0.3) is 0 Å². The zero-order valence-electron chi connectivity index (χ0n) is 16.4. The Balaban J connectivity index is 1.94. The van der Waals surface area contributed by atoms with E-state index in [2.05, 4.69) is 19.2 Å². The first kappa shape index (κ1) is 19.2. The van der Waals surface area contributed by atoms with Gasteiger partial charge in [0.05, 0.1) is 13.7 Å². The van der Waals surface area contributed by atoms with Crippen molar-refractivity contribution in [2.75, 3.05) is 13.7 Å². The number of aliphatic imine (C=N–C) groups is 1. The fourth-order valence-electron chi connectivity index (χ4n) is 3.33. The van der Waals surface area contributed by atoms with Gasteiger partial charge < -0.3 is 14.6 Å². The van der Waals surface area contributed by atoms with Gasteiger partial charge in [-0.15, -0.1) is 0 Å². The monoisotopic (exact) mass is 368 g/mol. The van der Waals surface area contributed by atoms with Crippen molar-refractivity contribution in [3.63, 3.8) is 0 Å². The van der Waals surface area contributed by atoms with Crippen molar-refractivity contribution in [3.05, 3.63) is 53.6 Å². The minimum atomic E-state index is -0.0348. The molecule has 0 bridgehead atoms. The molecule has 0 radical (unpaired) electrons. The summed E-state index contributed by atoms with van der Waals surface area (Å²) in [5.74, 6) is 1.88. The summed E-state index contributed by atoms with van der Waals surface area (Å²) in [6.07, 6.45) is 0.676. The second-order valence-corrected chi connectivity index (χ2v) is 7.04. The number of para-hydroxylation sites is 1. The molecule has 0 saturated heterocycles. The highest BCUT2D eigenvalue weighted by Crippen LogP contribution is 2.37. The average molecular weight is 368 g/mol. The van der Waals surface area contributed by atoms with E-state index in [4.69, 9.17) is 14.5 Å². The van der Waals surface area contributed by atoms with Crippen molar-refractivity contribution in [1.82, 2.24) is 5.32 Å². The van der Waals surface area contributed by atoms with Crippen molar-refractivity contribution in [3.8, 4) is 17.2 Å². The summed E-state index contributed by atoms with van der Waals surface area (Å²) in [5, 5.41) is 14.3. The molecule has 5 nitrogen and oxygen atoms in total. The summed E-state index contributed by atoms with van der Waals surface area (Å²) in [7, 11) is 1.66. The van der Waals surface area contributed by atoms with E-state index in [-0.39, 0.29) is 18.0 Å². The van der Waals surface area contributed by atoms with Gasteiger partial charge in [-0.3, -0.25) is 10.3 Å². The number of rotatable bonds is 6. The van der Waals surface area contributed by atoms with Gasteiger partial charge in [-0.05, 0) is 48.7 Å². The van der Waals surface area contributed by atoms with E-state index in [0.29, 0.717) is 24.7 Å². The third-order valence-electron chi connectivity index (χ3n) is 4.82. The van der Waals surface area contributed by atoms with Crippen molar-refractivity contribution in [1.29, 1.82) is 0 Å². The number of ether oxygens (including phenoxy) is 2. The predicted octanol–water partition coefficient (Wildman–Crippen LogP) is 4.31. The van der Waals surface area contributed by atoms with Gasteiger partial charge in [0.2, 0.25) is 0 Å². The minimum absolute atomic E-state index is 0.0176. The summed E-state index contributed by atoms with van der Waals surface area (Å²) >= 11 is 0. The van der Waals surface area contributed by atoms with E-state index in [0.717, 1.165) is 22.6 Å². The molecular weight excluding hydrogens is 340 g/mol. The molecule has 5 heteroatoms. The molecule has 0 aromatic heterocycles. The van der Waals surface area contributed by atoms with Crippen LogP contribution in [-0.4, -0.2) is 30.7 Å². The van der Waals surface area contributed by atoms with Crippen molar-refractivity contribution in [2.45, 2.75) is 39.4 Å². The normalized spacial score (nSPS) is 19.7. The molecular formula is C22H28N2O3. The van der Waals surface area contributed by atoms with Crippen LogP contribution < -0.4 is 14.8 Å². The topological polar surface area (TPSA) is 63.1 Å².